The zero-order chi connectivity index (χ0) is 17.8. The van der Waals surface area contributed by atoms with Crippen molar-refractivity contribution >= 4 is 7.59 Å². The first-order valence-corrected chi connectivity index (χ1v) is 7.88. The molecule has 0 aliphatic heterocycles. The minimum absolute atomic E-state index is 0.773. The quantitative estimate of drug-likeness (QED) is 0.435. The minimum atomic E-state index is -6.90. The molecule has 0 N–H and O–H groups in total. The van der Waals surface area contributed by atoms with Crippen LogP contribution in [0.3, 0.4) is 0 Å². The van der Waals surface area contributed by atoms with Gasteiger partial charge in [-0.2, -0.15) is 0 Å². The van der Waals surface area contributed by atoms with E-state index in [4.69, 9.17) is 0 Å². The molecule has 0 unspecified atom stereocenters. The van der Waals surface area contributed by atoms with Gasteiger partial charge in [-0.05, 0) is 0 Å². The Kier molecular flexibility index (Phi) is 6.78. The van der Waals surface area contributed by atoms with Crippen molar-refractivity contribution in [3.8, 4) is 0 Å². The molecule has 22 heavy (non-hydrogen) atoms. The normalized spacial score (nSPS) is 15.3. The van der Waals surface area contributed by atoms with Crippen LogP contribution in [0.25, 0.3) is 0 Å². The molecule has 0 aliphatic rings. The molecule has 0 amide bonds. The van der Waals surface area contributed by atoms with E-state index in [1.54, 1.807) is 0 Å². The Balaban J connectivity index is 6.60. The third-order valence-electron chi connectivity index (χ3n) is 2.13. The van der Waals surface area contributed by atoms with E-state index in [0.29, 0.717) is 0 Å². The molecule has 0 radical (unpaired) electrons. The first-order chi connectivity index (χ1) is 9.76. The molecular formula is C10H15F8O3P. The third kappa shape index (κ3) is 4.50. The van der Waals surface area contributed by atoms with Crippen molar-refractivity contribution in [1.29, 1.82) is 0 Å². The fraction of sp³-hybridized carbons (Fsp3) is 0.800. The topological polar surface area (TPSA) is 27.7 Å². The van der Waals surface area contributed by atoms with Crippen LogP contribution in [0.2, 0.25) is 0 Å². The van der Waals surface area contributed by atoms with Crippen LogP contribution < -0.4 is 0 Å². The Bertz CT molecular complexity index is 382. The second-order valence-electron chi connectivity index (χ2n) is 3.70. The van der Waals surface area contributed by atoms with Gasteiger partial charge in [-0.3, -0.25) is 0 Å². The number of hydrogen-bond donors (Lipinski definition) is 0. The Morgan fingerprint density at radius 2 is 1.05 bits per heavy atom. The maximum absolute atomic E-state index is 14.9. The first-order valence-electron chi connectivity index (χ1n) is 6.00. The fourth-order valence-electron chi connectivity index (χ4n) is 1.51. The molecule has 0 bridgehead atoms. The van der Waals surface area contributed by atoms with Gasteiger partial charge in [0.1, 0.15) is 0 Å². The Hall–Kier alpha value is -0.510. The Morgan fingerprint density at radius 1 is 0.773 bits per heavy atom. The third-order valence-corrected chi connectivity index (χ3v) is 5.07. The molecule has 0 saturated heterocycles. The van der Waals surface area contributed by atoms with E-state index in [1.165, 1.54) is 0 Å². The van der Waals surface area contributed by atoms with E-state index < -0.39 is 50.9 Å². The molecule has 12 heteroatoms. The van der Waals surface area contributed by atoms with Gasteiger partial charge in [-0.1, -0.05) is 0 Å². The summed E-state index contributed by atoms with van der Waals surface area (Å²) in [7, 11) is -6.90. The summed E-state index contributed by atoms with van der Waals surface area (Å²) in [5.74, 6) is 0. The van der Waals surface area contributed by atoms with Gasteiger partial charge in [0.25, 0.3) is 0 Å². The molecule has 0 aromatic heterocycles. The summed E-state index contributed by atoms with van der Waals surface area (Å²) in [6, 6.07) is 0. The predicted molar refractivity (Wildman–Crippen MR) is 63.2 cm³/mol. The molecule has 0 rings (SSSR count). The molecule has 0 aromatic rings. The second-order valence-corrected chi connectivity index (χ2v) is 6.45. The van der Waals surface area contributed by atoms with Gasteiger partial charge in [-0.25, -0.2) is 0 Å². The summed E-state index contributed by atoms with van der Waals surface area (Å²) in [4.78, 5) is 0. The van der Waals surface area contributed by atoms with Crippen molar-refractivity contribution in [2.45, 2.75) is 33.1 Å². The van der Waals surface area contributed by atoms with Crippen molar-refractivity contribution in [3.63, 3.8) is 0 Å². The van der Waals surface area contributed by atoms with Crippen LogP contribution in [0.4, 0.5) is 34.9 Å². The van der Waals surface area contributed by atoms with E-state index in [1.807, 2.05) is 0 Å². The number of rotatable bonds is 7. The number of hydrogen-bond acceptors (Lipinski definition) is 3. The molecule has 134 valence electrons. The van der Waals surface area contributed by atoms with Crippen molar-refractivity contribution in [3.05, 3.63) is 11.1 Å². The molecule has 0 fully saturated rings. The zero-order valence-corrected chi connectivity index (χ0v) is 12.7. The number of halogens is 8. The first kappa shape index (κ1) is 21.5. The van der Waals surface area contributed by atoms with Crippen LogP contribution in [-0.2, 0) is 13.6 Å². The van der Waals surface area contributed by atoms with Gasteiger partial charge in [0, 0.05) is 0 Å². The van der Waals surface area contributed by atoms with Crippen molar-refractivity contribution < 1.29 is 48.5 Å². The molecule has 0 atom stereocenters. The average Bonchev–Trinajstić information content (AvgIpc) is 2.25. The average molecular weight is 366 g/mol. The van der Waals surface area contributed by atoms with Crippen LogP contribution in [0.1, 0.15) is 20.8 Å². The van der Waals surface area contributed by atoms with Crippen molar-refractivity contribution in [2.75, 3.05) is 19.8 Å². The summed E-state index contributed by atoms with van der Waals surface area (Å²) in [6.45, 7) is 0.785. The summed E-state index contributed by atoms with van der Waals surface area (Å²) in [6.07, 6.45) is -12.4. The van der Waals surface area contributed by atoms with Gasteiger partial charge in [0.15, 0.2) is 0 Å². The summed E-state index contributed by atoms with van der Waals surface area (Å²) in [5.41, 5.74) is -6.95. The van der Waals surface area contributed by atoms with Crippen LogP contribution in [0.5, 0.6) is 0 Å². The van der Waals surface area contributed by atoms with E-state index in [-0.39, 0.29) is 0 Å². The van der Waals surface area contributed by atoms with Crippen molar-refractivity contribution in [2.24, 2.45) is 0 Å². The Morgan fingerprint density at radius 3 is 1.23 bits per heavy atom. The second kappa shape index (κ2) is 6.94. The monoisotopic (exact) mass is 366 g/mol. The van der Waals surface area contributed by atoms with E-state index in [2.05, 4.69) is 13.6 Å². The van der Waals surface area contributed by atoms with Gasteiger partial charge < -0.3 is 0 Å². The molecular weight excluding hydrogens is 351 g/mol. The van der Waals surface area contributed by atoms with Crippen LogP contribution in [-0.4, -0.2) is 32.2 Å². The maximum atomic E-state index is 14.9. The van der Waals surface area contributed by atoms with Gasteiger partial charge in [0.05, 0.1) is 0 Å². The van der Waals surface area contributed by atoms with Gasteiger partial charge >= 0.3 is 120 Å². The summed E-state index contributed by atoms with van der Waals surface area (Å²) in [5, 5.41) is 0. The van der Waals surface area contributed by atoms with Crippen LogP contribution >= 0.6 is 7.59 Å². The van der Waals surface area contributed by atoms with E-state index >= 15 is 0 Å². The molecule has 0 saturated carbocycles. The fourth-order valence-corrected chi connectivity index (χ4v) is 4.00. The molecule has 3 nitrogen and oxygen atoms in total. The number of allylic oxidation sites excluding steroid dienone is 1. The van der Waals surface area contributed by atoms with Crippen molar-refractivity contribution in [1.82, 2.24) is 0 Å². The van der Waals surface area contributed by atoms with Crippen LogP contribution in [0.15, 0.2) is 11.1 Å². The van der Waals surface area contributed by atoms with E-state index in [0.717, 1.165) is 20.8 Å². The Labute approximate surface area is 121 Å². The molecule has 0 aliphatic carbocycles. The standard InChI is InChI=1S/C10H15F8O3P/c1-4-19-22(18,20-5-2,21-6-3)8(11)7(9(12,13)14)10(15,16)17/h4-6H2,1-3H3. The summed E-state index contributed by atoms with van der Waals surface area (Å²) < 4.78 is 117. The molecule has 0 spiro atoms. The van der Waals surface area contributed by atoms with E-state index in [9.17, 15) is 34.9 Å². The SMILES string of the molecule is CCOP(F)(OCC)(OCC)C(F)=C(C(F)(F)F)C(F)(F)F. The van der Waals surface area contributed by atoms with Gasteiger partial charge in [0.2, 0.25) is 0 Å². The summed E-state index contributed by atoms with van der Waals surface area (Å²) >= 11 is 0. The molecule has 0 aromatic carbocycles. The van der Waals surface area contributed by atoms with Crippen LogP contribution in [0, 0.1) is 0 Å². The number of alkyl halides is 6. The van der Waals surface area contributed by atoms with Gasteiger partial charge in [-0.15, -0.1) is 0 Å². The zero-order valence-electron chi connectivity index (χ0n) is 11.8. The molecule has 0 heterocycles. The predicted octanol–water partition coefficient (Wildman–Crippen LogP) is 5.58.